The number of unbranched alkanes of at least 4 members (excludes halogenated alkanes) is 4. The molecule has 0 atom stereocenters. The lowest BCUT2D eigenvalue weighted by atomic mass is 10.1. The highest BCUT2D eigenvalue weighted by Gasteiger charge is 2.07. The lowest BCUT2D eigenvalue weighted by molar-refractivity contribution is -0.140. The molecule has 0 unspecified atom stereocenters. The van der Waals surface area contributed by atoms with Crippen molar-refractivity contribution in [2.45, 2.75) is 78.4 Å². The Labute approximate surface area is 124 Å². The summed E-state index contributed by atoms with van der Waals surface area (Å²) >= 11 is 0. The van der Waals surface area contributed by atoms with Crippen molar-refractivity contribution in [3.63, 3.8) is 0 Å². The highest BCUT2D eigenvalue weighted by atomic mass is 16.7. The first kappa shape index (κ1) is 19.4. The molecular weight excluding hydrogens is 254 g/mol. The molecule has 0 aromatic heterocycles. The fourth-order valence-electron chi connectivity index (χ4n) is 2.06. The average Bonchev–Trinajstić information content (AvgIpc) is 2.43. The summed E-state index contributed by atoms with van der Waals surface area (Å²) in [4.78, 5) is 11.6. The maximum atomic E-state index is 11.6. The summed E-state index contributed by atoms with van der Waals surface area (Å²) in [7, 11) is 0. The fraction of sp³-hybridized carbons (Fsp3) is 0.938. The van der Waals surface area contributed by atoms with Gasteiger partial charge in [0.1, 0.15) is 0 Å². The van der Waals surface area contributed by atoms with Crippen LogP contribution in [-0.4, -0.2) is 32.0 Å². The lowest BCUT2D eigenvalue weighted by Gasteiger charge is -2.16. The zero-order chi connectivity index (χ0) is 15.1. The Hall–Kier alpha value is -0.610. The summed E-state index contributed by atoms with van der Waals surface area (Å²) in [5.74, 6) is 0.172. The largest absolute Gasteiger partial charge is 0.356 e. The molecule has 0 aliphatic heterocycles. The quantitative estimate of drug-likeness (QED) is 0.392. The summed E-state index contributed by atoms with van der Waals surface area (Å²) in [6.45, 7) is 8.16. The Morgan fingerprint density at radius 2 is 1.60 bits per heavy atom. The Morgan fingerprint density at radius 1 is 0.950 bits per heavy atom. The second-order valence-corrected chi connectivity index (χ2v) is 5.00. The third-order valence-electron chi connectivity index (χ3n) is 3.15. The number of rotatable bonds is 14. The van der Waals surface area contributed by atoms with Gasteiger partial charge in [0.25, 0.3) is 0 Å². The summed E-state index contributed by atoms with van der Waals surface area (Å²) < 4.78 is 10.9. The molecule has 0 saturated carbocycles. The van der Waals surface area contributed by atoms with Gasteiger partial charge in [-0.1, -0.05) is 32.6 Å². The van der Waals surface area contributed by atoms with Crippen molar-refractivity contribution in [1.82, 2.24) is 5.32 Å². The van der Waals surface area contributed by atoms with Gasteiger partial charge in [-0.25, -0.2) is 0 Å². The number of hydrogen-bond acceptors (Lipinski definition) is 3. The van der Waals surface area contributed by atoms with E-state index in [1.54, 1.807) is 0 Å². The molecule has 0 rings (SSSR count). The molecule has 1 amide bonds. The molecule has 0 radical (unpaired) electrons. The monoisotopic (exact) mass is 287 g/mol. The molecule has 0 bridgehead atoms. The van der Waals surface area contributed by atoms with Crippen LogP contribution in [0.2, 0.25) is 0 Å². The van der Waals surface area contributed by atoms with Crippen molar-refractivity contribution in [1.29, 1.82) is 0 Å². The van der Waals surface area contributed by atoms with E-state index in [0.29, 0.717) is 26.2 Å². The second kappa shape index (κ2) is 14.8. The number of amides is 1. The average molecular weight is 287 g/mol. The van der Waals surface area contributed by atoms with Crippen LogP contribution in [0.1, 0.15) is 72.1 Å². The van der Waals surface area contributed by atoms with Crippen LogP contribution in [0.5, 0.6) is 0 Å². The third kappa shape index (κ3) is 12.4. The predicted molar refractivity (Wildman–Crippen MR) is 82.7 cm³/mol. The van der Waals surface area contributed by atoms with Gasteiger partial charge >= 0.3 is 0 Å². The van der Waals surface area contributed by atoms with E-state index in [4.69, 9.17) is 9.47 Å². The fourth-order valence-corrected chi connectivity index (χ4v) is 2.06. The normalized spacial score (nSPS) is 11.0. The van der Waals surface area contributed by atoms with Crippen LogP contribution in [0, 0.1) is 0 Å². The van der Waals surface area contributed by atoms with E-state index in [1.165, 1.54) is 19.3 Å². The van der Waals surface area contributed by atoms with Crippen LogP contribution in [0.15, 0.2) is 0 Å². The van der Waals surface area contributed by atoms with E-state index in [1.807, 2.05) is 13.8 Å². The zero-order valence-corrected chi connectivity index (χ0v) is 13.6. The first-order valence-electron chi connectivity index (χ1n) is 8.24. The molecule has 0 spiro atoms. The van der Waals surface area contributed by atoms with Gasteiger partial charge in [0.05, 0.1) is 0 Å². The molecule has 0 saturated heterocycles. The highest BCUT2D eigenvalue weighted by Crippen LogP contribution is 2.06. The molecule has 120 valence electrons. The minimum absolute atomic E-state index is 0.129. The summed E-state index contributed by atoms with van der Waals surface area (Å²) in [6, 6.07) is 0. The smallest absolute Gasteiger partial charge is 0.219 e. The Morgan fingerprint density at radius 3 is 2.20 bits per heavy atom. The number of carbonyl (C=O) groups is 1. The van der Waals surface area contributed by atoms with E-state index in [0.717, 1.165) is 25.7 Å². The molecular formula is C16H33NO3. The second-order valence-electron chi connectivity index (χ2n) is 5.00. The third-order valence-corrected chi connectivity index (χ3v) is 3.15. The van der Waals surface area contributed by atoms with Crippen LogP contribution in [0.4, 0.5) is 0 Å². The first-order chi connectivity index (χ1) is 9.74. The van der Waals surface area contributed by atoms with Gasteiger partial charge in [-0.3, -0.25) is 4.79 Å². The van der Waals surface area contributed by atoms with Crippen molar-refractivity contribution in [3.05, 3.63) is 0 Å². The van der Waals surface area contributed by atoms with Gasteiger partial charge in [0, 0.05) is 32.6 Å². The van der Waals surface area contributed by atoms with Gasteiger partial charge in [0.15, 0.2) is 6.29 Å². The maximum Gasteiger partial charge on any atom is 0.219 e. The number of nitrogens with one attached hydrogen (secondary N) is 1. The van der Waals surface area contributed by atoms with Crippen molar-refractivity contribution in [2.24, 2.45) is 0 Å². The van der Waals surface area contributed by atoms with E-state index in [9.17, 15) is 4.79 Å². The zero-order valence-electron chi connectivity index (χ0n) is 13.6. The van der Waals surface area contributed by atoms with Gasteiger partial charge in [0.2, 0.25) is 5.91 Å². The lowest BCUT2D eigenvalue weighted by Crippen LogP contribution is -2.26. The highest BCUT2D eigenvalue weighted by molar-refractivity contribution is 5.75. The van der Waals surface area contributed by atoms with Crippen molar-refractivity contribution in [3.8, 4) is 0 Å². The number of hydrogen-bond donors (Lipinski definition) is 1. The Bertz CT molecular complexity index is 216. The van der Waals surface area contributed by atoms with Crippen molar-refractivity contribution in [2.75, 3.05) is 19.8 Å². The molecule has 0 heterocycles. The van der Waals surface area contributed by atoms with Crippen molar-refractivity contribution >= 4 is 5.91 Å². The van der Waals surface area contributed by atoms with Gasteiger partial charge in [-0.2, -0.15) is 0 Å². The Kier molecular flexibility index (Phi) is 14.3. The van der Waals surface area contributed by atoms with Crippen LogP contribution in [-0.2, 0) is 14.3 Å². The van der Waals surface area contributed by atoms with E-state index < -0.39 is 0 Å². The molecule has 0 aromatic carbocycles. The molecule has 1 N–H and O–H groups in total. The number of carbonyl (C=O) groups excluding carboxylic acids is 1. The molecule has 0 aliphatic carbocycles. The van der Waals surface area contributed by atoms with E-state index in [2.05, 4.69) is 12.2 Å². The summed E-state index contributed by atoms with van der Waals surface area (Å²) in [5, 5.41) is 2.96. The van der Waals surface area contributed by atoms with Crippen molar-refractivity contribution < 1.29 is 14.3 Å². The van der Waals surface area contributed by atoms with Crippen LogP contribution in [0.3, 0.4) is 0 Å². The molecule has 4 heteroatoms. The van der Waals surface area contributed by atoms with E-state index in [-0.39, 0.29) is 12.2 Å². The maximum absolute atomic E-state index is 11.6. The molecule has 0 fully saturated rings. The summed E-state index contributed by atoms with van der Waals surface area (Å²) in [6.07, 6.45) is 8.19. The first-order valence-corrected chi connectivity index (χ1v) is 8.24. The molecule has 4 nitrogen and oxygen atoms in total. The van der Waals surface area contributed by atoms with Gasteiger partial charge in [-0.05, 0) is 26.7 Å². The number of ether oxygens (including phenoxy) is 2. The molecule has 20 heavy (non-hydrogen) atoms. The van der Waals surface area contributed by atoms with Gasteiger partial charge < -0.3 is 14.8 Å². The Balaban J connectivity index is 3.45. The van der Waals surface area contributed by atoms with Crippen LogP contribution >= 0.6 is 0 Å². The minimum atomic E-state index is -0.129. The van der Waals surface area contributed by atoms with Gasteiger partial charge in [-0.15, -0.1) is 0 Å². The van der Waals surface area contributed by atoms with E-state index >= 15 is 0 Å². The standard InChI is InChI=1S/C16H33NO3/c1-4-7-8-9-10-12-15(18)17-14-11-13-16(19-5-2)20-6-3/h16H,4-14H2,1-3H3,(H,17,18). The predicted octanol–water partition coefficient (Wildman–Crippen LogP) is 3.64. The summed E-state index contributed by atoms with van der Waals surface area (Å²) in [5.41, 5.74) is 0. The topological polar surface area (TPSA) is 47.6 Å². The molecule has 0 aromatic rings. The molecule has 0 aliphatic rings. The van der Waals surface area contributed by atoms with Crippen LogP contribution < -0.4 is 5.32 Å². The SMILES string of the molecule is CCCCCCCC(=O)NCCCC(OCC)OCC. The minimum Gasteiger partial charge on any atom is -0.356 e. The van der Waals surface area contributed by atoms with Crippen LogP contribution in [0.25, 0.3) is 0 Å².